The maximum Gasteiger partial charge on any atom is 0.189 e. The summed E-state index contributed by atoms with van der Waals surface area (Å²) in [6.07, 6.45) is 1.93. The Morgan fingerprint density at radius 2 is 1.56 bits per heavy atom. The molecule has 1 aliphatic carbocycles. The van der Waals surface area contributed by atoms with Gasteiger partial charge in [0.25, 0.3) is 0 Å². The van der Waals surface area contributed by atoms with Gasteiger partial charge in [-0.2, -0.15) is 0 Å². The first-order chi connectivity index (χ1) is 7.70. The van der Waals surface area contributed by atoms with Crippen LogP contribution in [0.3, 0.4) is 0 Å². The fraction of sp³-hybridized carbons (Fsp3) is 0.357. The molecule has 0 radical (unpaired) electrons. The molecule has 0 spiro atoms. The summed E-state index contributed by atoms with van der Waals surface area (Å²) in [4.78, 5) is 11.3. The average Bonchev–Trinajstić information content (AvgIpc) is 2.60. The molecule has 1 aromatic carbocycles. The molecule has 0 bridgehead atoms. The Morgan fingerprint density at radius 3 is 2.06 bits per heavy atom. The number of hydrogen-bond donors (Lipinski definition) is 0. The molecule has 0 saturated carbocycles. The van der Waals surface area contributed by atoms with E-state index in [1.54, 1.807) is 14.2 Å². The third-order valence-electron chi connectivity index (χ3n) is 1.94. The summed E-state index contributed by atoms with van der Waals surface area (Å²) >= 11 is 0. The summed E-state index contributed by atoms with van der Waals surface area (Å²) in [5.74, 6) is 0.167. The monoisotopic (exact) mass is 220 g/mol. The first-order valence-corrected chi connectivity index (χ1v) is 5.43. The van der Waals surface area contributed by atoms with Gasteiger partial charge in [-0.05, 0) is 24.1 Å². The minimum atomic E-state index is 0.167. The van der Waals surface area contributed by atoms with Crippen molar-refractivity contribution in [1.29, 1.82) is 0 Å². The van der Waals surface area contributed by atoms with Crippen molar-refractivity contribution >= 4 is 11.9 Å². The predicted molar refractivity (Wildman–Crippen MR) is 68.7 cm³/mol. The standard InChI is InChI=1S/C10H8O.C2H6O.C2H6/c1-7-6-8-4-2-3-5-9(8)10(7)11;1-3-2;1-2/h2-6H,1H3;1-2H3;1-2H3. The smallest absolute Gasteiger partial charge is 0.189 e. The van der Waals surface area contributed by atoms with E-state index in [0.717, 1.165) is 16.7 Å². The Kier molecular flexibility index (Phi) is 7.14. The lowest BCUT2D eigenvalue weighted by molar-refractivity contribution is 0.103. The lowest BCUT2D eigenvalue weighted by Crippen LogP contribution is -1.94. The number of ketones is 1. The molecule has 0 fully saturated rings. The summed E-state index contributed by atoms with van der Waals surface area (Å²) in [5, 5.41) is 0. The van der Waals surface area contributed by atoms with Gasteiger partial charge in [0, 0.05) is 19.8 Å². The molecule has 0 aliphatic heterocycles. The van der Waals surface area contributed by atoms with Crippen LogP contribution in [0, 0.1) is 0 Å². The summed E-state index contributed by atoms with van der Waals surface area (Å²) in [7, 11) is 3.25. The van der Waals surface area contributed by atoms with Gasteiger partial charge >= 0.3 is 0 Å². The average molecular weight is 220 g/mol. The second-order valence-corrected chi connectivity index (χ2v) is 3.15. The van der Waals surface area contributed by atoms with E-state index in [-0.39, 0.29) is 5.78 Å². The van der Waals surface area contributed by atoms with E-state index < -0.39 is 0 Å². The largest absolute Gasteiger partial charge is 0.388 e. The first kappa shape index (κ1) is 14.6. The maximum absolute atomic E-state index is 11.3. The topological polar surface area (TPSA) is 26.3 Å². The molecule has 0 unspecified atom stereocenters. The zero-order valence-electron chi connectivity index (χ0n) is 10.7. The fourth-order valence-corrected chi connectivity index (χ4v) is 1.34. The van der Waals surface area contributed by atoms with Gasteiger partial charge in [-0.15, -0.1) is 0 Å². The Balaban J connectivity index is 0.000000394. The van der Waals surface area contributed by atoms with Crippen molar-refractivity contribution in [2.75, 3.05) is 14.2 Å². The van der Waals surface area contributed by atoms with Gasteiger partial charge in [-0.1, -0.05) is 38.1 Å². The van der Waals surface area contributed by atoms with Crippen LogP contribution in [0.15, 0.2) is 29.8 Å². The quantitative estimate of drug-likeness (QED) is 0.668. The maximum atomic E-state index is 11.3. The van der Waals surface area contributed by atoms with Gasteiger partial charge < -0.3 is 4.74 Å². The molecule has 1 aliphatic rings. The third-order valence-corrected chi connectivity index (χ3v) is 1.94. The van der Waals surface area contributed by atoms with E-state index in [4.69, 9.17) is 0 Å². The SMILES string of the molecule is CC.CC1=Cc2ccccc2C1=O.COC. The number of carbonyl (C=O) groups is 1. The Bertz CT molecular complexity index is 365. The number of methoxy groups -OCH3 is 1. The van der Waals surface area contributed by atoms with Gasteiger partial charge in [-0.25, -0.2) is 0 Å². The van der Waals surface area contributed by atoms with E-state index in [1.807, 2.05) is 51.1 Å². The lowest BCUT2D eigenvalue weighted by atomic mass is 10.1. The van der Waals surface area contributed by atoms with Gasteiger partial charge in [0.1, 0.15) is 0 Å². The normalized spacial score (nSPS) is 11.6. The molecule has 0 saturated heterocycles. The van der Waals surface area contributed by atoms with Gasteiger partial charge in [0.2, 0.25) is 0 Å². The van der Waals surface area contributed by atoms with Crippen molar-refractivity contribution in [3.8, 4) is 0 Å². The van der Waals surface area contributed by atoms with Crippen LogP contribution in [0.2, 0.25) is 0 Å². The van der Waals surface area contributed by atoms with Crippen molar-refractivity contribution < 1.29 is 9.53 Å². The minimum Gasteiger partial charge on any atom is -0.388 e. The summed E-state index contributed by atoms with van der Waals surface area (Å²) in [6, 6.07) is 7.67. The van der Waals surface area contributed by atoms with Gasteiger partial charge in [0.05, 0.1) is 0 Å². The Labute approximate surface area is 97.9 Å². The van der Waals surface area contributed by atoms with Crippen molar-refractivity contribution in [1.82, 2.24) is 0 Å². The number of hydrogen-bond acceptors (Lipinski definition) is 2. The second-order valence-electron chi connectivity index (χ2n) is 3.15. The summed E-state index contributed by atoms with van der Waals surface area (Å²) < 4.78 is 4.25. The molecule has 0 N–H and O–H groups in total. The summed E-state index contributed by atoms with van der Waals surface area (Å²) in [6.45, 7) is 5.85. The van der Waals surface area contributed by atoms with Crippen LogP contribution in [-0.2, 0) is 4.74 Å². The number of allylic oxidation sites excluding steroid dienone is 1. The first-order valence-electron chi connectivity index (χ1n) is 5.43. The van der Waals surface area contributed by atoms with E-state index in [2.05, 4.69) is 4.74 Å². The molecular weight excluding hydrogens is 200 g/mol. The zero-order valence-corrected chi connectivity index (χ0v) is 10.7. The van der Waals surface area contributed by atoms with Crippen LogP contribution in [0.25, 0.3) is 6.08 Å². The number of benzene rings is 1. The van der Waals surface area contributed by atoms with Crippen LogP contribution < -0.4 is 0 Å². The highest BCUT2D eigenvalue weighted by molar-refractivity contribution is 6.17. The Hall–Kier alpha value is -1.41. The zero-order chi connectivity index (χ0) is 12.6. The third kappa shape index (κ3) is 3.63. The molecule has 2 rings (SSSR count). The molecule has 2 heteroatoms. The molecule has 1 aromatic rings. The minimum absolute atomic E-state index is 0.167. The van der Waals surface area contributed by atoms with Crippen molar-refractivity contribution in [2.24, 2.45) is 0 Å². The number of fused-ring (bicyclic) bond motifs is 1. The number of Topliss-reactive ketones (excluding diaryl/α,β-unsaturated/α-hetero) is 1. The number of rotatable bonds is 0. The van der Waals surface area contributed by atoms with Crippen molar-refractivity contribution in [2.45, 2.75) is 20.8 Å². The molecule has 16 heavy (non-hydrogen) atoms. The Morgan fingerprint density at radius 1 is 1.06 bits per heavy atom. The molecule has 88 valence electrons. The molecule has 0 amide bonds. The number of carbonyl (C=O) groups excluding carboxylic acids is 1. The molecular formula is C14H20O2. The van der Waals surface area contributed by atoms with Crippen LogP contribution >= 0.6 is 0 Å². The van der Waals surface area contributed by atoms with Crippen LogP contribution in [0.5, 0.6) is 0 Å². The van der Waals surface area contributed by atoms with Gasteiger partial charge in [0.15, 0.2) is 5.78 Å². The molecule has 0 atom stereocenters. The van der Waals surface area contributed by atoms with E-state index >= 15 is 0 Å². The van der Waals surface area contributed by atoms with Crippen LogP contribution in [0.4, 0.5) is 0 Å². The van der Waals surface area contributed by atoms with E-state index in [9.17, 15) is 4.79 Å². The predicted octanol–water partition coefficient (Wildman–Crippen LogP) is 3.58. The van der Waals surface area contributed by atoms with Crippen LogP contribution in [-0.4, -0.2) is 20.0 Å². The fourth-order valence-electron chi connectivity index (χ4n) is 1.34. The van der Waals surface area contributed by atoms with E-state index in [0.29, 0.717) is 0 Å². The van der Waals surface area contributed by atoms with Crippen molar-refractivity contribution in [3.63, 3.8) is 0 Å². The lowest BCUT2D eigenvalue weighted by Gasteiger charge is -1.93. The molecule has 0 aromatic heterocycles. The second kappa shape index (κ2) is 7.83. The molecule has 2 nitrogen and oxygen atoms in total. The van der Waals surface area contributed by atoms with Crippen molar-refractivity contribution in [3.05, 3.63) is 41.0 Å². The summed E-state index contributed by atoms with van der Waals surface area (Å²) in [5.41, 5.74) is 2.73. The highest BCUT2D eigenvalue weighted by Gasteiger charge is 2.17. The number of ether oxygens (including phenoxy) is 1. The van der Waals surface area contributed by atoms with E-state index in [1.165, 1.54) is 0 Å². The van der Waals surface area contributed by atoms with Gasteiger partial charge in [-0.3, -0.25) is 4.79 Å². The van der Waals surface area contributed by atoms with Crippen LogP contribution in [0.1, 0.15) is 36.7 Å². The highest BCUT2D eigenvalue weighted by Crippen LogP contribution is 2.23. The highest BCUT2D eigenvalue weighted by atomic mass is 16.4. The molecule has 0 heterocycles.